The van der Waals surface area contributed by atoms with E-state index < -0.39 is 0 Å². The summed E-state index contributed by atoms with van der Waals surface area (Å²) in [6.45, 7) is 8.40. The Bertz CT molecular complexity index is 262. The van der Waals surface area contributed by atoms with Crippen molar-refractivity contribution in [3.8, 4) is 0 Å². The standard InChI is InChI=1S/C13H24N2O2/c1-12(2)13(16)14-8-10-15(3)9-6-5-7-11-17-4/h5-6H,1,7-11H2,2-4H3,(H,14,16). The molecule has 0 atom stereocenters. The monoisotopic (exact) mass is 240 g/mol. The molecule has 4 heteroatoms. The van der Waals surface area contributed by atoms with Crippen LogP contribution in [0, 0.1) is 0 Å². The number of hydrogen-bond donors (Lipinski definition) is 1. The number of rotatable bonds is 9. The predicted octanol–water partition coefficient (Wildman–Crippen LogP) is 1.20. The van der Waals surface area contributed by atoms with Gasteiger partial charge in [-0.25, -0.2) is 0 Å². The van der Waals surface area contributed by atoms with Crippen LogP contribution >= 0.6 is 0 Å². The molecule has 0 fully saturated rings. The molecule has 4 nitrogen and oxygen atoms in total. The van der Waals surface area contributed by atoms with Gasteiger partial charge in [-0.1, -0.05) is 18.7 Å². The van der Waals surface area contributed by atoms with Crippen molar-refractivity contribution in [3.05, 3.63) is 24.3 Å². The van der Waals surface area contributed by atoms with E-state index in [1.165, 1.54) is 0 Å². The lowest BCUT2D eigenvalue weighted by molar-refractivity contribution is -0.117. The summed E-state index contributed by atoms with van der Waals surface area (Å²) in [4.78, 5) is 13.3. The highest BCUT2D eigenvalue weighted by Gasteiger charge is 2.00. The molecule has 1 N–H and O–H groups in total. The van der Waals surface area contributed by atoms with E-state index in [-0.39, 0.29) is 5.91 Å². The first-order chi connectivity index (χ1) is 8.07. The summed E-state index contributed by atoms with van der Waals surface area (Å²) in [7, 11) is 3.72. The topological polar surface area (TPSA) is 41.6 Å². The van der Waals surface area contributed by atoms with E-state index in [4.69, 9.17) is 4.74 Å². The van der Waals surface area contributed by atoms with E-state index in [0.717, 1.165) is 26.1 Å². The molecule has 98 valence electrons. The Hall–Kier alpha value is -1.13. The number of ether oxygens (including phenoxy) is 1. The number of hydrogen-bond acceptors (Lipinski definition) is 3. The third-order valence-electron chi connectivity index (χ3n) is 2.24. The van der Waals surface area contributed by atoms with Crippen molar-refractivity contribution >= 4 is 5.91 Å². The van der Waals surface area contributed by atoms with Crippen LogP contribution in [0.4, 0.5) is 0 Å². The fourth-order valence-corrected chi connectivity index (χ4v) is 1.16. The average Bonchev–Trinajstić information content (AvgIpc) is 2.28. The van der Waals surface area contributed by atoms with Crippen molar-refractivity contribution in [1.82, 2.24) is 10.2 Å². The van der Waals surface area contributed by atoms with Crippen molar-refractivity contribution in [3.63, 3.8) is 0 Å². The Labute approximate surface area is 104 Å². The van der Waals surface area contributed by atoms with Gasteiger partial charge in [0.1, 0.15) is 0 Å². The molecular formula is C13H24N2O2. The molecule has 0 rings (SSSR count). The maximum Gasteiger partial charge on any atom is 0.246 e. The molecule has 0 aliphatic carbocycles. The number of nitrogens with one attached hydrogen (secondary N) is 1. The average molecular weight is 240 g/mol. The van der Waals surface area contributed by atoms with Gasteiger partial charge in [0.2, 0.25) is 5.91 Å². The van der Waals surface area contributed by atoms with Gasteiger partial charge in [-0.15, -0.1) is 0 Å². The number of methoxy groups -OCH3 is 1. The number of carbonyl (C=O) groups is 1. The maximum atomic E-state index is 11.2. The van der Waals surface area contributed by atoms with Crippen LogP contribution in [0.2, 0.25) is 0 Å². The van der Waals surface area contributed by atoms with Crippen LogP contribution in [0.25, 0.3) is 0 Å². The summed E-state index contributed by atoms with van der Waals surface area (Å²) in [5, 5.41) is 2.80. The molecule has 0 unspecified atom stereocenters. The van der Waals surface area contributed by atoms with Gasteiger partial charge >= 0.3 is 0 Å². The van der Waals surface area contributed by atoms with E-state index in [2.05, 4.69) is 28.9 Å². The van der Waals surface area contributed by atoms with Gasteiger partial charge in [0.15, 0.2) is 0 Å². The SMILES string of the molecule is C=C(C)C(=O)NCCN(C)CC=CCCOC. The van der Waals surface area contributed by atoms with Crippen LogP contribution in [0.3, 0.4) is 0 Å². The lowest BCUT2D eigenvalue weighted by Crippen LogP contribution is -2.33. The predicted molar refractivity (Wildman–Crippen MR) is 71.0 cm³/mol. The molecular weight excluding hydrogens is 216 g/mol. The Morgan fingerprint density at radius 2 is 2.18 bits per heavy atom. The van der Waals surface area contributed by atoms with Gasteiger partial charge in [0.05, 0.1) is 0 Å². The number of likely N-dealkylation sites (N-methyl/N-ethyl adjacent to an activating group) is 1. The molecule has 0 aliphatic heterocycles. The minimum Gasteiger partial charge on any atom is -0.384 e. The first kappa shape index (κ1) is 15.9. The Morgan fingerprint density at radius 1 is 1.47 bits per heavy atom. The fraction of sp³-hybridized carbons (Fsp3) is 0.615. The number of nitrogens with zero attached hydrogens (tertiary/aromatic N) is 1. The summed E-state index contributed by atoms with van der Waals surface area (Å²) in [5.74, 6) is -0.0750. The van der Waals surface area contributed by atoms with Crippen molar-refractivity contribution in [2.75, 3.05) is 40.4 Å². The largest absolute Gasteiger partial charge is 0.384 e. The van der Waals surface area contributed by atoms with Crippen LogP contribution in [0.5, 0.6) is 0 Å². The molecule has 0 aliphatic rings. The van der Waals surface area contributed by atoms with Crippen molar-refractivity contribution < 1.29 is 9.53 Å². The third-order valence-corrected chi connectivity index (χ3v) is 2.24. The van der Waals surface area contributed by atoms with Gasteiger partial charge < -0.3 is 15.0 Å². The normalized spacial score (nSPS) is 11.1. The first-order valence-electron chi connectivity index (χ1n) is 5.84. The van der Waals surface area contributed by atoms with Gasteiger partial charge in [-0.2, -0.15) is 0 Å². The molecule has 0 saturated heterocycles. The van der Waals surface area contributed by atoms with Gasteiger partial charge in [-0.05, 0) is 20.4 Å². The maximum absolute atomic E-state index is 11.2. The minimum atomic E-state index is -0.0750. The van der Waals surface area contributed by atoms with Gasteiger partial charge in [0.25, 0.3) is 0 Å². The molecule has 17 heavy (non-hydrogen) atoms. The fourth-order valence-electron chi connectivity index (χ4n) is 1.16. The van der Waals surface area contributed by atoms with Crippen LogP contribution < -0.4 is 5.32 Å². The van der Waals surface area contributed by atoms with Gasteiger partial charge in [0, 0.05) is 38.9 Å². The van der Waals surface area contributed by atoms with Gasteiger partial charge in [-0.3, -0.25) is 4.79 Å². The van der Waals surface area contributed by atoms with Crippen LogP contribution in [0.1, 0.15) is 13.3 Å². The molecule has 0 heterocycles. The second-order valence-corrected chi connectivity index (χ2v) is 4.05. The second kappa shape index (κ2) is 10.1. The smallest absolute Gasteiger partial charge is 0.246 e. The van der Waals surface area contributed by atoms with Crippen LogP contribution in [-0.4, -0.2) is 51.2 Å². The molecule has 0 bridgehead atoms. The molecule has 0 spiro atoms. The quantitative estimate of drug-likeness (QED) is 0.374. The second-order valence-electron chi connectivity index (χ2n) is 4.05. The summed E-state index contributed by atoms with van der Waals surface area (Å²) in [6.07, 6.45) is 5.16. The molecule has 0 saturated carbocycles. The van der Waals surface area contributed by atoms with Crippen molar-refractivity contribution in [2.45, 2.75) is 13.3 Å². The zero-order valence-electron chi connectivity index (χ0n) is 11.2. The summed E-state index contributed by atoms with van der Waals surface area (Å²) < 4.78 is 4.94. The Balaban J connectivity index is 3.52. The molecule has 0 aromatic carbocycles. The highest BCUT2D eigenvalue weighted by atomic mass is 16.5. The first-order valence-corrected chi connectivity index (χ1v) is 5.84. The van der Waals surface area contributed by atoms with E-state index in [1.54, 1.807) is 14.0 Å². The number of amides is 1. The zero-order valence-corrected chi connectivity index (χ0v) is 11.2. The summed E-state index contributed by atoms with van der Waals surface area (Å²) in [5.41, 5.74) is 0.548. The van der Waals surface area contributed by atoms with Crippen molar-refractivity contribution in [1.29, 1.82) is 0 Å². The number of carbonyl (C=O) groups excluding carboxylic acids is 1. The highest BCUT2D eigenvalue weighted by molar-refractivity contribution is 5.92. The van der Waals surface area contributed by atoms with E-state index >= 15 is 0 Å². The lowest BCUT2D eigenvalue weighted by Gasteiger charge is -2.14. The molecule has 1 amide bonds. The Kier molecular flexibility index (Phi) is 9.38. The molecule has 0 aromatic rings. The van der Waals surface area contributed by atoms with Crippen LogP contribution in [-0.2, 0) is 9.53 Å². The van der Waals surface area contributed by atoms with Crippen LogP contribution in [0.15, 0.2) is 24.3 Å². The summed E-state index contributed by atoms with van der Waals surface area (Å²) in [6, 6.07) is 0. The zero-order chi connectivity index (χ0) is 13.1. The van der Waals surface area contributed by atoms with E-state index in [9.17, 15) is 4.79 Å². The lowest BCUT2D eigenvalue weighted by atomic mass is 10.3. The van der Waals surface area contributed by atoms with E-state index in [0.29, 0.717) is 12.1 Å². The minimum absolute atomic E-state index is 0.0750. The molecule has 0 radical (unpaired) electrons. The highest BCUT2D eigenvalue weighted by Crippen LogP contribution is 1.88. The van der Waals surface area contributed by atoms with Crippen molar-refractivity contribution in [2.24, 2.45) is 0 Å². The van der Waals surface area contributed by atoms with E-state index in [1.807, 2.05) is 7.05 Å². The Morgan fingerprint density at radius 3 is 2.76 bits per heavy atom. The molecule has 0 aromatic heterocycles. The third kappa shape index (κ3) is 9.78. The summed E-state index contributed by atoms with van der Waals surface area (Å²) >= 11 is 0.